The Balaban J connectivity index is 1.50. The van der Waals surface area contributed by atoms with Crippen LogP contribution < -0.4 is 0 Å². The van der Waals surface area contributed by atoms with Crippen molar-refractivity contribution in [2.45, 2.75) is 57.7 Å². The van der Waals surface area contributed by atoms with Crippen LogP contribution in [0.15, 0.2) is 41.4 Å². The number of aliphatic imine (C=N–C) groups is 1. The minimum Gasteiger partial charge on any atom is -0.508 e. The van der Waals surface area contributed by atoms with Crippen molar-refractivity contribution in [2.75, 3.05) is 59.3 Å². The number of hydrogen-bond donors (Lipinski definition) is 2. The number of morpholine rings is 1. The summed E-state index contributed by atoms with van der Waals surface area (Å²) in [6.07, 6.45) is 10.3. The normalized spacial score (nSPS) is 22.8. The summed E-state index contributed by atoms with van der Waals surface area (Å²) in [4.78, 5) is 46.3. The molecule has 3 heterocycles. The average Bonchev–Trinajstić information content (AvgIpc) is 3.01. The number of piperidine rings is 1. The number of fused-ring (bicyclic) bond motifs is 1. The number of likely N-dealkylation sites (tertiary alicyclic amines) is 1. The minimum atomic E-state index is -0.730. The van der Waals surface area contributed by atoms with Crippen molar-refractivity contribution in [1.29, 1.82) is 0 Å². The third-order valence-corrected chi connectivity index (χ3v) is 7.64. The Bertz CT molecular complexity index is 1230. The van der Waals surface area contributed by atoms with E-state index in [0.29, 0.717) is 50.4 Å². The molecule has 2 atom stereocenters. The Hall–Kier alpha value is -3.74. The second-order valence-electron chi connectivity index (χ2n) is 11.1. The fraction of sp³-hybridized carbons (Fsp3) is 0.562. The molecule has 12 nitrogen and oxygen atoms in total. The van der Waals surface area contributed by atoms with E-state index in [1.807, 2.05) is 18.2 Å². The summed E-state index contributed by atoms with van der Waals surface area (Å²) in [5.74, 6) is -1.53. The van der Waals surface area contributed by atoms with Gasteiger partial charge in [-0.25, -0.2) is 4.79 Å². The zero-order valence-corrected chi connectivity index (χ0v) is 25.3. The number of amides is 2. The molecule has 4 rings (SSSR count). The summed E-state index contributed by atoms with van der Waals surface area (Å²) in [6, 6.07) is 2.48. The van der Waals surface area contributed by atoms with E-state index in [1.165, 1.54) is 6.07 Å². The number of nitrogens with zero attached hydrogens (tertiary/aromatic N) is 3. The lowest BCUT2D eigenvalue weighted by molar-refractivity contribution is -0.141. The maximum atomic E-state index is 13.1. The first kappa shape index (κ1) is 33.2. The highest BCUT2D eigenvalue weighted by Crippen LogP contribution is 2.29. The first-order chi connectivity index (χ1) is 21.3. The summed E-state index contributed by atoms with van der Waals surface area (Å²) in [5, 5.41) is 20.8. The first-order valence-corrected chi connectivity index (χ1v) is 15.2. The van der Waals surface area contributed by atoms with Crippen molar-refractivity contribution < 1.29 is 43.5 Å². The highest BCUT2D eigenvalue weighted by molar-refractivity contribution is 6.00. The fourth-order valence-electron chi connectivity index (χ4n) is 5.24. The number of esters is 1. The molecule has 2 fully saturated rings. The molecule has 1 aromatic carbocycles. The van der Waals surface area contributed by atoms with E-state index < -0.39 is 23.9 Å². The Labute approximate surface area is 257 Å². The van der Waals surface area contributed by atoms with Crippen LogP contribution in [0.25, 0.3) is 0 Å². The third-order valence-electron chi connectivity index (χ3n) is 7.64. The number of aromatic hydroxyl groups is 2. The number of ether oxygens (including phenoxy) is 4. The fourth-order valence-corrected chi connectivity index (χ4v) is 5.24. The molecule has 0 bridgehead atoms. The van der Waals surface area contributed by atoms with E-state index in [2.05, 4.69) is 4.99 Å². The lowest BCUT2D eigenvalue weighted by Crippen LogP contribution is -2.42. The number of cyclic esters (lactones) is 1. The van der Waals surface area contributed by atoms with Crippen molar-refractivity contribution in [2.24, 2.45) is 4.99 Å². The Morgan fingerprint density at radius 3 is 2.48 bits per heavy atom. The quantitative estimate of drug-likeness (QED) is 0.269. The number of phenolic OH excluding ortho intramolecular Hbond substituents is 2. The number of phenols is 2. The number of hydrogen-bond acceptors (Lipinski definition) is 10. The molecule has 12 heteroatoms. The standard InChI is InChI=1S/C32H43N3O9/c1-23-7-5-9-27(43-21-30(39)35-13-15-41-16-14-35)10-6-8-25(33-22-42-20-29(38)34-11-3-2-4-12-34)17-24-18-26(36)19-28(37)31(24)32(40)44-23/h5-6,8-9,18-19,23,27,36-37H,2-4,7,10-17,20-22H2,1H3. The number of carbonyl (C=O) groups is 3. The van der Waals surface area contributed by atoms with Gasteiger partial charge in [-0.2, -0.15) is 0 Å². The summed E-state index contributed by atoms with van der Waals surface area (Å²) < 4.78 is 22.5. The van der Waals surface area contributed by atoms with Gasteiger partial charge in [-0.15, -0.1) is 0 Å². The molecule has 3 aliphatic heterocycles. The molecule has 0 aliphatic carbocycles. The zero-order valence-electron chi connectivity index (χ0n) is 25.3. The van der Waals surface area contributed by atoms with Crippen LogP contribution in [0.3, 0.4) is 0 Å². The predicted octanol–water partition coefficient (Wildman–Crippen LogP) is 2.76. The van der Waals surface area contributed by atoms with Gasteiger partial charge in [0.25, 0.3) is 0 Å². The van der Waals surface area contributed by atoms with Crippen molar-refractivity contribution in [1.82, 2.24) is 9.80 Å². The topological polar surface area (TPSA) is 147 Å². The highest BCUT2D eigenvalue weighted by Gasteiger charge is 2.23. The highest BCUT2D eigenvalue weighted by atomic mass is 16.5. The Morgan fingerprint density at radius 2 is 1.70 bits per heavy atom. The summed E-state index contributed by atoms with van der Waals surface area (Å²) >= 11 is 0. The molecule has 0 saturated carbocycles. The van der Waals surface area contributed by atoms with Gasteiger partial charge in [-0.1, -0.05) is 18.2 Å². The molecule has 0 radical (unpaired) electrons. The number of benzene rings is 1. The van der Waals surface area contributed by atoms with Crippen LogP contribution in [0.5, 0.6) is 11.5 Å². The Kier molecular flexibility index (Phi) is 12.8. The summed E-state index contributed by atoms with van der Waals surface area (Å²) in [7, 11) is 0. The summed E-state index contributed by atoms with van der Waals surface area (Å²) in [6.45, 7) is 4.98. The van der Waals surface area contributed by atoms with E-state index in [9.17, 15) is 24.6 Å². The van der Waals surface area contributed by atoms with Crippen molar-refractivity contribution in [3.8, 4) is 11.5 Å². The van der Waals surface area contributed by atoms with Crippen LogP contribution in [0.2, 0.25) is 0 Å². The first-order valence-electron chi connectivity index (χ1n) is 15.2. The average molecular weight is 614 g/mol. The van der Waals surface area contributed by atoms with Crippen LogP contribution in [-0.4, -0.2) is 115 Å². The van der Waals surface area contributed by atoms with Gasteiger partial charge in [0.15, 0.2) is 0 Å². The lowest BCUT2D eigenvalue weighted by Gasteiger charge is -2.27. The largest absolute Gasteiger partial charge is 0.508 e. The Morgan fingerprint density at radius 1 is 0.977 bits per heavy atom. The van der Waals surface area contributed by atoms with Crippen LogP contribution in [-0.2, 0) is 35.0 Å². The third kappa shape index (κ3) is 10.2. The molecule has 3 aliphatic rings. The molecular weight excluding hydrogens is 570 g/mol. The van der Waals surface area contributed by atoms with E-state index in [4.69, 9.17) is 18.9 Å². The minimum absolute atomic E-state index is 0.0548. The zero-order chi connectivity index (χ0) is 31.3. The van der Waals surface area contributed by atoms with E-state index in [-0.39, 0.29) is 49.5 Å². The second kappa shape index (κ2) is 16.9. The lowest BCUT2D eigenvalue weighted by atomic mass is 9.99. The van der Waals surface area contributed by atoms with Gasteiger partial charge in [0.05, 0.1) is 19.3 Å². The number of allylic oxidation sites excluding steroid dienone is 1. The number of carbonyl (C=O) groups excluding carboxylic acids is 3. The molecule has 2 unspecified atom stereocenters. The molecule has 2 saturated heterocycles. The van der Waals surface area contributed by atoms with Crippen LogP contribution in [0.4, 0.5) is 0 Å². The second-order valence-corrected chi connectivity index (χ2v) is 11.1. The van der Waals surface area contributed by atoms with E-state index in [0.717, 1.165) is 38.4 Å². The van der Waals surface area contributed by atoms with Gasteiger partial charge in [-0.05, 0) is 50.3 Å². The molecule has 0 spiro atoms. The van der Waals surface area contributed by atoms with Crippen molar-refractivity contribution >= 4 is 23.5 Å². The molecule has 240 valence electrons. The monoisotopic (exact) mass is 613 g/mol. The predicted molar refractivity (Wildman–Crippen MR) is 162 cm³/mol. The van der Waals surface area contributed by atoms with E-state index >= 15 is 0 Å². The molecule has 2 N–H and O–H groups in total. The van der Waals surface area contributed by atoms with Gasteiger partial charge in [0.2, 0.25) is 11.8 Å². The van der Waals surface area contributed by atoms with Crippen molar-refractivity contribution in [3.63, 3.8) is 0 Å². The smallest absolute Gasteiger partial charge is 0.342 e. The summed E-state index contributed by atoms with van der Waals surface area (Å²) in [5.41, 5.74) is 0.747. The maximum absolute atomic E-state index is 13.1. The SMILES string of the molecule is CC1CC=CC(OCC(=O)N2CCOCC2)CC=CC(=NCOCC(=O)N2CCCCC2)Cc2cc(O)cc(O)c2C(=O)O1. The van der Waals surface area contributed by atoms with Crippen LogP contribution in [0, 0.1) is 0 Å². The maximum Gasteiger partial charge on any atom is 0.342 e. The van der Waals surface area contributed by atoms with Gasteiger partial charge in [0.1, 0.15) is 43.1 Å². The van der Waals surface area contributed by atoms with Crippen LogP contribution >= 0.6 is 0 Å². The molecule has 2 amide bonds. The van der Waals surface area contributed by atoms with Crippen molar-refractivity contribution in [3.05, 3.63) is 47.6 Å². The van der Waals surface area contributed by atoms with Gasteiger partial charge >= 0.3 is 5.97 Å². The van der Waals surface area contributed by atoms with Gasteiger partial charge in [-0.3, -0.25) is 14.6 Å². The van der Waals surface area contributed by atoms with Gasteiger partial charge < -0.3 is 39.0 Å². The molecule has 0 aromatic heterocycles. The molecule has 44 heavy (non-hydrogen) atoms. The molecule has 1 aromatic rings. The molecular formula is C32H43N3O9. The van der Waals surface area contributed by atoms with E-state index in [1.54, 1.807) is 22.8 Å². The number of rotatable bonds is 7. The van der Waals surface area contributed by atoms with Crippen LogP contribution in [0.1, 0.15) is 54.9 Å². The van der Waals surface area contributed by atoms with Gasteiger partial charge in [0, 0.05) is 50.8 Å².